The van der Waals surface area contributed by atoms with Crippen LogP contribution in [0.1, 0.15) is 16.1 Å². The van der Waals surface area contributed by atoms with Crippen LogP contribution in [0, 0.1) is 6.92 Å². The van der Waals surface area contributed by atoms with Crippen LogP contribution >= 0.6 is 11.6 Å². The highest BCUT2D eigenvalue weighted by Crippen LogP contribution is 2.36. The van der Waals surface area contributed by atoms with E-state index in [1.807, 2.05) is 13.0 Å². The highest BCUT2D eigenvalue weighted by molar-refractivity contribution is 6.35. The maximum atomic E-state index is 11.2. The molecule has 0 saturated heterocycles. The first-order valence-corrected chi connectivity index (χ1v) is 5.92. The number of para-hydroxylation sites is 1. The predicted octanol–water partition coefficient (Wildman–Crippen LogP) is 3.48. The largest absolute Gasteiger partial charge is 0.477 e. The smallest absolute Gasteiger partial charge is 0.341 e. The lowest BCUT2D eigenvalue weighted by Crippen LogP contribution is -1.96. The number of carboxylic acids is 1. The van der Waals surface area contributed by atoms with Crippen LogP contribution in [0.2, 0.25) is 5.02 Å². The second-order valence-electron chi connectivity index (χ2n) is 4.16. The van der Waals surface area contributed by atoms with E-state index in [-0.39, 0.29) is 11.3 Å². The van der Waals surface area contributed by atoms with Gasteiger partial charge in [0.15, 0.2) is 5.76 Å². The van der Waals surface area contributed by atoms with Crippen molar-refractivity contribution in [3.8, 4) is 11.3 Å². The van der Waals surface area contributed by atoms with Gasteiger partial charge in [-0.1, -0.05) is 28.9 Å². The van der Waals surface area contributed by atoms with Gasteiger partial charge in [0.05, 0.1) is 16.7 Å². The van der Waals surface area contributed by atoms with Gasteiger partial charge in [0, 0.05) is 16.6 Å². The zero-order valence-electron chi connectivity index (χ0n) is 9.90. The van der Waals surface area contributed by atoms with Crippen molar-refractivity contribution in [3.05, 3.63) is 40.7 Å². The molecule has 0 saturated carbocycles. The summed E-state index contributed by atoms with van der Waals surface area (Å²) >= 11 is 6.11. The average Bonchev–Trinajstić information content (AvgIpc) is 2.93. The molecule has 19 heavy (non-hydrogen) atoms. The lowest BCUT2D eigenvalue weighted by Gasteiger charge is -1.98. The molecular formula is C13H9ClN2O3. The van der Waals surface area contributed by atoms with E-state index < -0.39 is 5.97 Å². The second kappa shape index (κ2) is 4.13. The lowest BCUT2D eigenvalue weighted by molar-refractivity contribution is 0.0697. The summed E-state index contributed by atoms with van der Waals surface area (Å²) in [4.78, 5) is 14.3. The number of halogens is 1. The van der Waals surface area contributed by atoms with Crippen molar-refractivity contribution in [1.29, 1.82) is 0 Å². The Kier molecular flexibility index (Phi) is 2.57. The number of H-pyrrole nitrogens is 1. The highest BCUT2D eigenvalue weighted by Gasteiger charge is 2.22. The number of nitrogens with zero attached hydrogens (tertiary/aromatic N) is 1. The van der Waals surface area contributed by atoms with Gasteiger partial charge in [0.1, 0.15) is 5.56 Å². The number of hydrogen-bond acceptors (Lipinski definition) is 3. The Morgan fingerprint density at radius 2 is 2.26 bits per heavy atom. The SMILES string of the molecule is Cc1[nH]c2c(Cl)cccc2c1-c1oncc1C(=O)O. The summed E-state index contributed by atoms with van der Waals surface area (Å²) in [5.74, 6) is -0.842. The van der Waals surface area contributed by atoms with E-state index in [4.69, 9.17) is 21.2 Å². The molecule has 3 aromatic rings. The van der Waals surface area contributed by atoms with E-state index in [9.17, 15) is 4.79 Å². The average molecular weight is 277 g/mol. The number of rotatable bonds is 2. The summed E-state index contributed by atoms with van der Waals surface area (Å²) in [6, 6.07) is 5.43. The van der Waals surface area contributed by atoms with Crippen LogP contribution in [-0.2, 0) is 0 Å². The van der Waals surface area contributed by atoms with E-state index in [1.54, 1.807) is 12.1 Å². The summed E-state index contributed by atoms with van der Waals surface area (Å²) in [5, 5.41) is 14.1. The van der Waals surface area contributed by atoms with Crippen LogP contribution in [0.15, 0.2) is 28.9 Å². The van der Waals surface area contributed by atoms with Gasteiger partial charge in [-0.15, -0.1) is 0 Å². The topological polar surface area (TPSA) is 79.1 Å². The van der Waals surface area contributed by atoms with Gasteiger partial charge in [-0.05, 0) is 13.0 Å². The molecule has 0 radical (unpaired) electrons. The van der Waals surface area contributed by atoms with E-state index >= 15 is 0 Å². The quantitative estimate of drug-likeness (QED) is 0.751. The van der Waals surface area contributed by atoms with Crippen molar-refractivity contribution in [3.63, 3.8) is 0 Å². The first-order valence-electron chi connectivity index (χ1n) is 5.54. The number of aromatic carboxylic acids is 1. The highest BCUT2D eigenvalue weighted by atomic mass is 35.5. The summed E-state index contributed by atoms with van der Waals surface area (Å²) in [7, 11) is 0. The van der Waals surface area contributed by atoms with E-state index in [0.717, 1.165) is 16.6 Å². The van der Waals surface area contributed by atoms with Gasteiger partial charge in [-0.3, -0.25) is 0 Å². The molecule has 3 rings (SSSR count). The van der Waals surface area contributed by atoms with Crippen molar-refractivity contribution in [2.24, 2.45) is 0 Å². The van der Waals surface area contributed by atoms with Gasteiger partial charge < -0.3 is 14.6 Å². The lowest BCUT2D eigenvalue weighted by atomic mass is 10.1. The Bertz CT molecular complexity index is 788. The molecule has 96 valence electrons. The van der Waals surface area contributed by atoms with Gasteiger partial charge in [0.25, 0.3) is 0 Å². The zero-order chi connectivity index (χ0) is 13.6. The molecule has 0 aliphatic rings. The second-order valence-corrected chi connectivity index (χ2v) is 4.57. The standard InChI is InChI=1S/C13H9ClN2O3/c1-6-10(12-8(13(17)18)5-15-19-12)7-3-2-4-9(14)11(7)16-6/h2-5,16H,1H3,(H,17,18). The Hall–Kier alpha value is -2.27. The molecule has 0 atom stereocenters. The van der Waals surface area contributed by atoms with Gasteiger partial charge >= 0.3 is 5.97 Å². The summed E-state index contributed by atoms with van der Waals surface area (Å²) in [5.41, 5.74) is 2.24. The van der Waals surface area contributed by atoms with Crippen molar-refractivity contribution in [2.75, 3.05) is 0 Å². The summed E-state index contributed by atoms with van der Waals surface area (Å²) in [6.07, 6.45) is 1.19. The Morgan fingerprint density at radius 3 is 3.00 bits per heavy atom. The number of aromatic amines is 1. The first-order chi connectivity index (χ1) is 9.09. The maximum Gasteiger partial charge on any atom is 0.341 e. The molecule has 0 bridgehead atoms. The third-order valence-electron chi connectivity index (χ3n) is 3.00. The van der Waals surface area contributed by atoms with Crippen LogP contribution in [0.4, 0.5) is 0 Å². The molecule has 5 nitrogen and oxygen atoms in total. The maximum absolute atomic E-state index is 11.2. The third kappa shape index (κ3) is 1.70. The van der Waals surface area contributed by atoms with Crippen molar-refractivity contribution in [1.82, 2.24) is 10.1 Å². The van der Waals surface area contributed by atoms with Crippen molar-refractivity contribution >= 4 is 28.5 Å². The van der Waals surface area contributed by atoms with Crippen LogP contribution in [-0.4, -0.2) is 21.2 Å². The number of aryl methyl sites for hydroxylation is 1. The fourth-order valence-corrected chi connectivity index (χ4v) is 2.40. The number of carboxylic acid groups (broad SMARTS) is 1. The molecule has 1 aromatic carbocycles. The number of hydrogen-bond donors (Lipinski definition) is 2. The monoisotopic (exact) mass is 276 g/mol. The summed E-state index contributed by atoms with van der Waals surface area (Å²) < 4.78 is 5.11. The molecular weight excluding hydrogens is 268 g/mol. The Labute approximate surface area is 112 Å². The van der Waals surface area contributed by atoms with Crippen molar-refractivity contribution < 1.29 is 14.4 Å². The molecule has 0 aliphatic carbocycles. The fourth-order valence-electron chi connectivity index (χ4n) is 2.18. The normalized spacial score (nSPS) is 11.1. The molecule has 2 N–H and O–H groups in total. The molecule has 2 heterocycles. The molecule has 0 fully saturated rings. The molecule has 6 heteroatoms. The summed E-state index contributed by atoms with van der Waals surface area (Å²) in [6.45, 7) is 1.83. The minimum atomic E-state index is -1.08. The molecule has 0 unspecified atom stereocenters. The van der Waals surface area contributed by atoms with E-state index in [1.165, 1.54) is 6.20 Å². The molecule has 0 spiro atoms. The Balaban J connectivity index is 2.37. The first kappa shape index (κ1) is 11.8. The number of aromatic nitrogens is 2. The Morgan fingerprint density at radius 1 is 1.47 bits per heavy atom. The fraction of sp³-hybridized carbons (Fsp3) is 0.0769. The van der Waals surface area contributed by atoms with E-state index in [2.05, 4.69) is 10.1 Å². The van der Waals surface area contributed by atoms with Crippen LogP contribution in [0.5, 0.6) is 0 Å². The number of nitrogens with one attached hydrogen (secondary N) is 1. The molecule has 2 aromatic heterocycles. The van der Waals surface area contributed by atoms with Gasteiger partial charge in [-0.25, -0.2) is 4.79 Å². The minimum Gasteiger partial charge on any atom is -0.477 e. The number of fused-ring (bicyclic) bond motifs is 1. The van der Waals surface area contributed by atoms with Crippen LogP contribution in [0.3, 0.4) is 0 Å². The minimum absolute atomic E-state index is 0.0315. The van der Waals surface area contributed by atoms with Gasteiger partial charge in [0.2, 0.25) is 0 Å². The number of carbonyl (C=O) groups is 1. The predicted molar refractivity (Wildman–Crippen MR) is 70.5 cm³/mol. The van der Waals surface area contributed by atoms with E-state index in [0.29, 0.717) is 10.6 Å². The number of benzene rings is 1. The van der Waals surface area contributed by atoms with Gasteiger partial charge in [-0.2, -0.15) is 0 Å². The zero-order valence-corrected chi connectivity index (χ0v) is 10.7. The van der Waals surface area contributed by atoms with Crippen molar-refractivity contribution in [2.45, 2.75) is 6.92 Å². The van der Waals surface area contributed by atoms with Crippen LogP contribution in [0.25, 0.3) is 22.2 Å². The third-order valence-corrected chi connectivity index (χ3v) is 3.31. The van der Waals surface area contributed by atoms with Crippen LogP contribution < -0.4 is 0 Å². The molecule has 0 aliphatic heterocycles. The molecule has 0 amide bonds.